The van der Waals surface area contributed by atoms with Crippen LogP contribution in [0.1, 0.15) is 28.7 Å². The van der Waals surface area contributed by atoms with Crippen molar-refractivity contribution in [2.24, 2.45) is 0 Å². The molecule has 1 aromatic heterocycles. The van der Waals surface area contributed by atoms with Gasteiger partial charge in [0.15, 0.2) is 0 Å². The monoisotopic (exact) mass is 335 g/mol. The summed E-state index contributed by atoms with van der Waals surface area (Å²) in [7, 11) is 0. The fraction of sp³-hybridized carbons (Fsp3) is 0.286. The lowest BCUT2D eigenvalue weighted by Gasteiger charge is -2.07. The van der Waals surface area contributed by atoms with Crippen LogP contribution in [-0.2, 0) is 30.5 Å². The van der Waals surface area contributed by atoms with Crippen molar-refractivity contribution in [1.82, 2.24) is 5.32 Å². The minimum atomic E-state index is 0.118. The maximum Gasteiger partial charge on any atom is 0.224 e. The standard InChI is InChI=1S/C21H21NOS/c23-21(13-15-8-9-16-4-3-5-17(16)12-15)22-11-10-18-14-24-20-7-2-1-6-19(18)20/h1-2,6-9,12,14H,3-5,10-11,13H2,(H,22,23). The molecule has 24 heavy (non-hydrogen) atoms. The van der Waals surface area contributed by atoms with Crippen LogP contribution in [-0.4, -0.2) is 12.5 Å². The molecule has 0 saturated heterocycles. The Labute approximate surface area is 146 Å². The summed E-state index contributed by atoms with van der Waals surface area (Å²) in [6, 6.07) is 15.0. The molecule has 4 rings (SSSR count). The molecule has 0 atom stereocenters. The van der Waals surface area contributed by atoms with Gasteiger partial charge < -0.3 is 5.32 Å². The van der Waals surface area contributed by atoms with Crippen LogP contribution >= 0.6 is 11.3 Å². The number of rotatable bonds is 5. The van der Waals surface area contributed by atoms with E-state index in [0.29, 0.717) is 13.0 Å². The molecule has 1 amide bonds. The van der Waals surface area contributed by atoms with Gasteiger partial charge in [-0.15, -0.1) is 11.3 Å². The summed E-state index contributed by atoms with van der Waals surface area (Å²) < 4.78 is 1.32. The van der Waals surface area contributed by atoms with Crippen LogP contribution in [0.3, 0.4) is 0 Å². The fourth-order valence-corrected chi connectivity index (χ4v) is 4.54. The quantitative estimate of drug-likeness (QED) is 0.740. The predicted molar refractivity (Wildman–Crippen MR) is 101 cm³/mol. The van der Waals surface area contributed by atoms with E-state index >= 15 is 0 Å². The van der Waals surface area contributed by atoms with E-state index in [1.807, 2.05) is 0 Å². The Kier molecular flexibility index (Phi) is 4.35. The van der Waals surface area contributed by atoms with Gasteiger partial charge in [0.25, 0.3) is 0 Å². The lowest BCUT2D eigenvalue weighted by Crippen LogP contribution is -2.27. The normalized spacial score (nSPS) is 13.2. The molecule has 2 aromatic carbocycles. The van der Waals surface area contributed by atoms with Crippen LogP contribution in [0.25, 0.3) is 10.1 Å². The number of benzene rings is 2. The van der Waals surface area contributed by atoms with Crippen LogP contribution in [0.5, 0.6) is 0 Å². The molecule has 0 aliphatic heterocycles. The molecule has 122 valence electrons. The minimum absolute atomic E-state index is 0.118. The molecule has 1 heterocycles. The Bertz CT molecular complexity index is 880. The van der Waals surface area contributed by atoms with E-state index in [2.05, 4.69) is 53.2 Å². The van der Waals surface area contributed by atoms with Crippen LogP contribution in [0.4, 0.5) is 0 Å². The highest BCUT2D eigenvalue weighted by atomic mass is 32.1. The number of thiophene rings is 1. The zero-order chi connectivity index (χ0) is 16.4. The molecule has 2 nitrogen and oxygen atoms in total. The Morgan fingerprint density at radius 3 is 2.92 bits per heavy atom. The van der Waals surface area contributed by atoms with E-state index < -0.39 is 0 Å². The van der Waals surface area contributed by atoms with Gasteiger partial charge in [0.2, 0.25) is 5.91 Å². The highest BCUT2D eigenvalue weighted by molar-refractivity contribution is 7.17. The third-order valence-corrected chi connectivity index (χ3v) is 5.82. The summed E-state index contributed by atoms with van der Waals surface area (Å²) in [4.78, 5) is 12.2. The summed E-state index contributed by atoms with van der Waals surface area (Å²) in [5, 5.41) is 6.59. The largest absolute Gasteiger partial charge is 0.355 e. The molecule has 3 heteroatoms. The van der Waals surface area contributed by atoms with Crippen molar-refractivity contribution in [1.29, 1.82) is 0 Å². The van der Waals surface area contributed by atoms with E-state index in [-0.39, 0.29) is 5.91 Å². The Balaban J connectivity index is 1.32. The van der Waals surface area contributed by atoms with Crippen molar-refractivity contribution in [3.8, 4) is 0 Å². The first-order chi connectivity index (χ1) is 11.8. The van der Waals surface area contributed by atoms with Gasteiger partial charge in [-0.05, 0) is 64.8 Å². The highest BCUT2D eigenvalue weighted by Crippen LogP contribution is 2.26. The number of aryl methyl sites for hydroxylation is 2. The van der Waals surface area contributed by atoms with Crippen LogP contribution in [0.2, 0.25) is 0 Å². The van der Waals surface area contributed by atoms with Crippen molar-refractivity contribution in [2.45, 2.75) is 32.1 Å². The van der Waals surface area contributed by atoms with Crippen molar-refractivity contribution in [2.75, 3.05) is 6.54 Å². The number of nitrogens with one attached hydrogen (secondary N) is 1. The molecule has 0 fully saturated rings. The molecular formula is C21H21NOS. The SMILES string of the molecule is O=C(Cc1ccc2c(c1)CCC2)NCCc1csc2ccccc12. The number of carbonyl (C=O) groups is 1. The second kappa shape index (κ2) is 6.78. The molecule has 0 unspecified atom stereocenters. The Hall–Kier alpha value is -2.13. The summed E-state index contributed by atoms with van der Waals surface area (Å²) in [6.07, 6.45) is 4.98. The summed E-state index contributed by atoms with van der Waals surface area (Å²) in [5.74, 6) is 0.118. The number of hydrogen-bond donors (Lipinski definition) is 1. The zero-order valence-electron chi connectivity index (χ0n) is 13.7. The lowest BCUT2D eigenvalue weighted by atomic mass is 10.0. The maximum atomic E-state index is 12.2. The Morgan fingerprint density at radius 2 is 1.96 bits per heavy atom. The van der Waals surface area contributed by atoms with E-state index in [1.165, 1.54) is 39.6 Å². The molecule has 0 saturated carbocycles. The van der Waals surface area contributed by atoms with E-state index in [1.54, 1.807) is 11.3 Å². The molecule has 0 radical (unpaired) electrons. The predicted octanol–water partition coefficient (Wildman–Crippen LogP) is 4.29. The first kappa shape index (κ1) is 15.4. The van der Waals surface area contributed by atoms with E-state index in [9.17, 15) is 4.79 Å². The molecule has 1 aliphatic rings. The molecule has 0 bridgehead atoms. The molecule has 3 aromatic rings. The van der Waals surface area contributed by atoms with Crippen LogP contribution in [0, 0.1) is 0 Å². The van der Waals surface area contributed by atoms with Gasteiger partial charge in [-0.2, -0.15) is 0 Å². The molecule has 1 N–H and O–H groups in total. The second-order valence-corrected chi connectivity index (χ2v) is 7.40. The van der Waals surface area contributed by atoms with Crippen molar-refractivity contribution < 1.29 is 4.79 Å². The zero-order valence-corrected chi connectivity index (χ0v) is 14.5. The highest BCUT2D eigenvalue weighted by Gasteiger charge is 2.12. The summed E-state index contributed by atoms with van der Waals surface area (Å²) >= 11 is 1.77. The van der Waals surface area contributed by atoms with Gasteiger partial charge >= 0.3 is 0 Å². The molecule has 1 aliphatic carbocycles. The van der Waals surface area contributed by atoms with E-state index in [0.717, 1.165) is 18.4 Å². The first-order valence-corrected chi connectivity index (χ1v) is 9.50. The third kappa shape index (κ3) is 3.22. The van der Waals surface area contributed by atoms with Gasteiger partial charge in [0, 0.05) is 11.2 Å². The maximum absolute atomic E-state index is 12.2. The van der Waals surface area contributed by atoms with Gasteiger partial charge in [-0.25, -0.2) is 0 Å². The van der Waals surface area contributed by atoms with Crippen molar-refractivity contribution in [3.05, 3.63) is 70.1 Å². The fourth-order valence-electron chi connectivity index (χ4n) is 3.55. The number of amides is 1. The van der Waals surface area contributed by atoms with Gasteiger partial charge in [0.1, 0.15) is 0 Å². The average molecular weight is 335 g/mol. The lowest BCUT2D eigenvalue weighted by molar-refractivity contribution is -0.120. The summed E-state index contributed by atoms with van der Waals surface area (Å²) in [5.41, 5.74) is 5.36. The van der Waals surface area contributed by atoms with Gasteiger partial charge in [-0.3, -0.25) is 4.79 Å². The van der Waals surface area contributed by atoms with Crippen LogP contribution in [0.15, 0.2) is 47.8 Å². The molecular weight excluding hydrogens is 314 g/mol. The topological polar surface area (TPSA) is 29.1 Å². The van der Waals surface area contributed by atoms with Gasteiger partial charge in [-0.1, -0.05) is 36.4 Å². The third-order valence-electron chi connectivity index (χ3n) is 4.81. The Morgan fingerprint density at radius 1 is 1.08 bits per heavy atom. The number of hydrogen-bond acceptors (Lipinski definition) is 2. The number of fused-ring (bicyclic) bond motifs is 2. The van der Waals surface area contributed by atoms with Crippen LogP contribution < -0.4 is 5.32 Å². The first-order valence-electron chi connectivity index (χ1n) is 8.62. The summed E-state index contributed by atoms with van der Waals surface area (Å²) in [6.45, 7) is 0.699. The van der Waals surface area contributed by atoms with Gasteiger partial charge in [0.05, 0.1) is 6.42 Å². The van der Waals surface area contributed by atoms with Crippen molar-refractivity contribution in [3.63, 3.8) is 0 Å². The minimum Gasteiger partial charge on any atom is -0.355 e. The van der Waals surface area contributed by atoms with Crippen molar-refractivity contribution >= 4 is 27.3 Å². The van der Waals surface area contributed by atoms with E-state index in [4.69, 9.17) is 0 Å². The average Bonchev–Trinajstić information content (AvgIpc) is 3.21. The molecule has 0 spiro atoms. The number of carbonyl (C=O) groups excluding carboxylic acids is 1. The smallest absolute Gasteiger partial charge is 0.224 e. The second-order valence-electron chi connectivity index (χ2n) is 6.49.